The predicted molar refractivity (Wildman–Crippen MR) is 98.4 cm³/mol. The van der Waals surface area contributed by atoms with Crippen molar-refractivity contribution in [2.45, 2.75) is 24.6 Å². The highest BCUT2D eigenvalue weighted by atomic mass is 32.2. The number of piperidine rings is 1. The summed E-state index contributed by atoms with van der Waals surface area (Å²) in [6, 6.07) is 7.93. The zero-order valence-corrected chi connectivity index (χ0v) is 15.5. The molecule has 1 amide bonds. The maximum atomic E-state index is 13.1. The molecule has 1 fully saturated rings. The maximum Gasteiger partial charge on any atom is 0.264 e. The standard InChI is InChI=1S/C17H22N2O3S2/c1-18-12-6-5-9-19(10-12)17(20)16-14(11-24(2,21)22)13-7-3-4-8-15(13)23-16/h3-4,7-8,12,18H,5-6,9-11H2,1-2H3/t12-/m1/s1. The van der Waals surface area contributed by atoms with Crippen LogP contribution in [0.4, 0.5) is 0 Å². The van der Waals surface area contributed by atoms with Crippen LogP contribution in [0.1, 0.15) is 28.1 Å². The van der Waals surface area contributed by atoms with Gasteiger partial charge >= 0.3 is 0 Å². The SMILES string of the molecule is CN[C@@H]1CCCN(C(=O)c2sc3ccccc3c2CS(C)(=O)=O)C1. The fraction of sp³-hybridized carbons (Fsp3) is 0.471. The van der Waals surface area contributed by atoms with Crippen LogP contribution in [0.2, 0.25) is 0 Å². The fourth-order valence-corrected chi connectivity index (χ4v) is 5.32. The molecule has 1 aromatic carbocycles. The highest BCUT2D eigenvalue weighted by molar-refractivity contribution is 7.89. The second-order valence-corrected chi connectivity index (χ2v) is 9.55. The first-order valence-corrected chi connectivity index (χ1v) is 10.9. The fourth-order valence-electron chi connectivity index (χ4n) is 3.22. The molecule has 1 atom stereocenters. The molecule has 3 rings (SSSR count). The molecule has 0 bridgehead atoms. The van der Waals surface area contributed by atoms with Crippen molar-refractivity contribution < 1.29 is 13.2 Å². The summed E-state index contributed by atoms with van der Waals surface area (Å²) in [5, 5.41) is 4.11. The van der Waals surface area contributed by atoms with Crippen LogP contribution in [0.5, 0.6) is 0 Å². The van der Waals surface area contributed by atoms with Crippen LogP contribution in [0, 0.1) is 0 Å². The van der Waals surface area contributed by atoms with Gasteiger partial charge in [-0.25, -0.2) is 8.42 Å². The molecule has 1 aliphatic heterocycles. The van der Waals surface area contributed by atoms with Crippen molar-refractivity contribution in [1.29, 1.82) is 0 Å². The first-order chi connectivity index (χ1) is 11.4. The van der Waals surface area contributed by atoms with E-state index in [1.54, 1.807) is 0 Å². The van der Waals surface area contributed by atoms with Crippen LogP contribution in [-0.4, -0.2) is 51.7 Å². The van der Waals surface area contributed by atoms with E-state index in [1.807, 2.05) is 36.2 Å². The summed E-state index contributed by atoms with van der Waals surface area (Å²) in [5.74, 6) is -0.142. The average Bonchev–Trinajstić information content (AvgIpc) is 2.91. The Balaban J connectivity index is 2.01. The number of amides is 1. The Morgan fingerprint density at radius 2 is 2.12 bits per heavy atom. The number of thiophene rings is 1. The molecule has 7 heteroatoms. The van der Waals surface area contributed by atoms with Crippen LogP contribution in [0.15, 0.2) is 24.3 Å². The molecule has 0 saturated carbocycles. The van der Waals surface area contributed by atoms with Gasteiger partial charge in [-0.3, -0.25) is 4.79 Å². The summed E-state index contributed by atoms with van der Waals surface area (Å²) in [5.41, 5.74) is 0.648. The van der Waals surface area contributed by atoms with Gasteiger partial charge < -0.3 is 10.2 Å². The molecule has 0 unspecified atom stereocenters. The minimum absolute atomic E-state index is 0.0465. The smallest absolute Gasteiger partial charge is 0.264 e. The minimum atomic E-state index is -3.22. The van der Waals surface area contributed by atoms with Crippen LogP contribution < -0.4 is 5.32 Å². The van der Waals surface area contributed by atoms with Crippen molar-refractivity contribution in [3.63, 3.8) is 0 Å². The van der Waals surface area contributed by atoms with Gasteiger partial charge in [-0.05, 0) is 36.9 Å². The second-order valence-electron chi connectivity index (χ2n) is 6.35. The molecule has 0 aliphatic carbocycles. The van der Waals surface area contributed by atoms with Gasteiger partial charge in [0.05, 0.1) is 10.6 Å². The van der Waals surface area contributed by atoms with E-state index in [2.05, 4.69) is 5.32 Å². The Morgan fingerprint density at radius 3 is 2.83 bits per heavy atom. The Kier molecular flexibility index (Phi) is 4.94. The largest absolute Gasteiger partial charge is 0.336 e. The lowest BCUT2D eigenvalue weighted by atomic mass is 10.1. The first kappa shape index (κ1) is 17.4. The number of carbonyl (C=O) groups is 1. The quantitative estimate of drug-likeness (QED) is 0.901. The third-order valence-corrected chi connectivity index (χ3v) is 6.43. The van der Waals surface area contributed by atoms with Gasteiger partial charge in [0.2, 0.25) is 0 Å². The zero-order chi connectivity index (χ0) is 17.3. The number of nitrogens with one attached hydrogen (secondary N) is 1. The summed E-state index contributed by atoms with van der Waals surface area (Å²) in [4.78, 5) is 15.5. The normalized spacial score (nSPS) is 18.9. The summed E-state index contributed by atoms with van der Waals surface area (Å²) < 4.78 is 24.7. The van der Waals surface area contributed by atoms with Gasteiger partial charge in [0, 0.05) is 30.1 Å². The molecule has 1 saturated heterocycles. The Morgan fingerprint density at radius 1 is 1.38 bits per heavy atom. The number of likely N-dealkylation sites (N-methyl/N-ethyl adjacent to an activating group) is 1. The molecule has 0 radical (unpaired) electrons. The lowest BCUT2D eigenvalue weighted by Crippen LogP contribution is -2.46. The lowest BCUT2D eigenvalue weighted by molar-refractivity contribution is 0.0702. The maximum absolute atomic E-state index is 13.1. The molecule has 2 heterocycles. The number of nitrogens with zero attached hydrogens (tertiary/aromatic N) is 1. The molecule has 1 aliphatic rings. The molecule has 2 aromatic rings. The van der Waals surface area contributed by atoms with Gasteiger partial charge in [0.25, 0.3) is 5.91 Å². The van der Waals surface area contributed by atoms with Crippen LogP contribution in [-0.2, 0) is 15.6 Å². The average molecular weight is 367 g/mol. The van der Waals surface area contributed by atoms with E-state index in [9.17, 15) is 13.2 Å². The van der Waals surface area contributed by atoms with Crippen molar-refractivity contribution in [1.82, 2.24) is 10.2 Å². The number of rotatable bonds is 4. The van der Waals surface area contributed by atoms with Crippen LogP contribution in [0.3, 0.4) is 0 Å². The van der Waals surface area contributed by atoms with Crippen LogP contribution in [0.25, 0.3) is 10.1 Å². The highest BCUT2D eigenvalue weighted by Crippen LogP contribution is 2.34. The number of benzene rings is 1. The summed E-state index contributed by atoms with van der Waals surface area (Å²) in [7, 11) is -1.31. The first-order valence-electron chi connectivity index (χ1n) is 8.03. The van der Waals surface area contributed by atoms with Crippen molar-refractivity contribution in [3.8, 4) is 0 Å². The Hall–Kier alpha value is -1.44. The second kappa shape index (κ2) is 6.82. The van der Waals surface area contributed by atoms with E-state index in [4.69, 9.17) is 0 Å². The Labute approximate surface area is 146 Å². The van der Waals surface area contributed by atoms with Crippen molar-refractivity contribution in [2.75, 3.05) is 26.4 Å². The number of sulfone groups is 1. The predicted octanol–water partition coefficient (Wildman–Crippen LogP) is 2.27. The van der Waals surface area contributed by atoms with Crippen molar-refractivity contribution >= 4 is 37.2 Å². The van der Waals surface area contributed by atoms with Crippen molar-refractivity contribution in [3.05, 3.63) is 34.7 Å². The van der Waals surface area contributed by atoms with Gasteiger partial charge in [-0.2, -0.15) is 0 Å². The topological polar surface area (TPSA) is 66.5 Å². The number of hydrogen-bond acceptors (Lipinski definition) is 5. The van der Waals surface area contributed by atoms with Gasteiger partial charge in [-0.1, -0.05) is 18.2 Å². The molecular weight excluding hydrogens is 344 g/mol. The van der Waals surface area contributed by atoms with E-state index in [0.717, 1.165) is 29.5 Å². The van der Waals surface area contributed by atoms with E-state index >= 15 is 0 Å². The van der Waals surface area contributed by atoms with E-state index in [1.165, 1.54) is 17.6 Å². The van der Waals surface area contributed by atoms with E-state index in [0.29, 0.717) is 23.0 Å². The number of likely N-dealkylation sites (tertiary alicyclic amines) is 1. The molecule has 1 N–H and O–H groups in total. The number of hydrogen-bond donors (Lipinski definition) is 1. The molecule has 130 valence electrons. The van der Waals surface area contributed by atoms with Crippen LogP contribution >= 0.6 is 11.3 Å². The minimum Gasteiger partial charge on any atom is -0.336 e. The lowest BCUT2D eigenvalue weighted by Gasteiger charge is -2.32. The molecule has 5 nitrogen and oxygen atoms in total. The third-order valence-electron chi connectivity index (χ3n) is 4.42. The highest BCUT2D eigenvalue weighted by Gasteiger charge is 2.28. The van der Waals surface area contributed by atoms with Gasteiger partial charge in [0.15, 0.2) is 9.84 Å². The van der Waals surface area contributed by atoms with E-state index < -0.39 is 9.84 Å². The molecular formula is C17H22N2O3S2. The zero-order valence-electron chi connectivity index (χ0n) is 13.9. The van der Waals surface area contributed by atoms with Gasteiger partial charge in [0.1, 0.15) is 0 Å². The van der Waals surface area contributed by atoms with Crippen molar-refractivity contribution in [2.24, 2.45) is 0 Å². The number of fused-ring (bicyclic) bond motifs is 1. The summed E-state index contributed by atoms with van der Waals surface area (Å²) in [6.07, 6.45) is 3.23. The third kappa shape index (κ3) is 3.63. The molecule has 1 aromatic heterocycles. The molecule has 0 spiro atoms. The van der Waals surface area contributed by atoms with E-state index in [-0.39, 0.29) is 11.7 Å². The summed E-state index contributed by atoms with van der Waals surface area (Å²) >= 11 is 1.40. The monoisotopic (exact) mass is 366 g/mol. The number of carbonyl (C=O) groups excluding carboxylic acids is 1. The molecule has 24 heavy (non-hydrogen) atoms. The summed E-state index contributed by atoms with van der Waals surface area (Å²) in [6.45, 7) is 1.39. The Bertz CT molecular complexity index is 858. The van der Waals surface area contributed by atoms with Gasteiger partial charge in [-0.15, -0.1) is 11.3 Å².